The Bertz CT molecular complexity index is 1280. The van der Waals surface area contributed by atoms with Crippen molar-refractivity contribution in [1.82, 2.24) is 9.55 Å². The normalized spacial score (nSPS) is 44.7. The first-order valence-corrected chi connectivity index (χ1v) is 11.5. The Morgan fingerprint density at radius 1 is 1.07 bits per heavy atom. The zero-order chi connectivity index (χ0) is 24.2. The summed E-state index contributed by atoms with van der Waals surface area (Å²) in [7, 11) is 0. The molecule has 2 fully saturated rings. The van der Waals surface area contributed by atoms with E-state index in [9.17, 15) is 5.11 Å². The van der Waals surface area contributed by atoms with Crippen LogP contribution in [0.4, 0.5) is 0 Å². The van der Waals surface area contributed by atoms with E-state index in [0.717, 1.165) is 50.6 Å². The van der Waals surface area contributed by atoms with Gasteiger partial charge in [-0.05, 0) is 79.7 Å². The van der Waals surface area contributed by atoms with Crippen molar-refractivity contribution in [3.63, 3.8) is 0 Å². The molecule has 1 heterocycles. The molecule has 1 N–H and O–H groups in total. The number of hydrogen-bond donors (Lipinski definition) is 1. The average molecular weight is 407 g/mol. The van der Waals surface area contributed by atoms with Crippen LogP contribution in [0.25, 0.3) is 16.7 Å². The maximum absolute atomic E-state index is 10.3. The lowest BCUT2D eigenvalue weighted by atomic mass is 9.41. The molecule has 2 aromatic rings. The van der Waals surface area contributed by atoms with Crippen molar-refractivity contribution in [2.45, 2.75) is 71.8 Å². The number of aliphatic hydroxyl groups excluding tert-OH is 1. The van der Waals surface area contributed by atoms with Crippen molar-refractivity contribution in [2.75, 3.05) is 0 Å². The summed E-state index contributed by atoms with van der Waals surface area (Å²) in [6, 6.07) is -0.506. The monoisotopic (exact) mass is 406 g/mol. The van der Waals surface area contributed by atoms with Gasteiger partial charge in [0.2, 0.25) is 0 Å². The van der Waals surface area contributed by atoms with E-state index in [1.165, 1.54) is 5.57 Å². The minimum Gasteiger partial charge on any atom is -0.393 e. The second-order valence-electron chi connectivity index (χ2n) is 10.9. The number of para-hydroxylation sites is 2. The molecule has 2 saturated carbocycles. The third-order valence-electron chi connectivity index (χ3n) is 9.91. The van der Waals surface area contributed by atoms with Crippen LogP contribution in [0.15, 0.2) is 48.2 Å². The van der Waals surface area contributed by atoms with Crippen LogP contribution in [0.5, 0.6) is 0 Å². The predicted octanol–water partition coefficient (Wildman–Crippen LogP) is 6.20. The van der Waals surface area contributed by atoms with E-state index >= 15 is 0 Å². The molecule has 6 rings (SSSR count). The van der Waals surface area contributed by atoms with E-state index < -0.39 is 0 Å². The summed E-state index contributed by atoms with van der Waals surface area (Å²) in [6.45, 7) is 7.31. The fourth-order valence-electron chi connectivity index (χ4n) is 7.83. The lowest BCUT2D eigenvalue weighted by Gasteiger charge is -2.64. The summed E-state index contributed by atoms with van der Waals surface area (Å²) in [5.74, 6) is 1.03. The number of imidazole rings is 1. The van der Waals surface area contributed by atoms with E-state index in [-0.39, 0.29) is 46.5 Å². The van der Waals surface area contributed by atoms with Gasteiger partial charge in [-0.1, -0.05) is 50.6 Å². The van der Waals surface area contributed by atoms with E-state index in [4.69, 9.17) is 5.48 Å². The highest BCUT2D eigenvalue weighted by Gasteiger charge is 2.62. The minimum atomic E-state index is -0.226. The van der Waals surface area contributed by atoms with Crippen LogP contribution in [0.1, 0.15) is 71.2 Å². The predicted molar refractivity (Wildman–Crippen MR) is 122 cm³/mol. The van der Waals surface area contributed by atoms with E-state index in [1.54, 1.807) is 6.33 Å². The van der Waals surface area contributed by atoms with E-state index in [0.29, 0.717) is 22.9 Å². The van der Waals surface area contributed by atoms with Crippen molar-refractivity contribution in [1.29, 1.82) is 0 Å². The Hall–Kier alpha value is -1.87. The number of fused-ring (bicyclic) bond motifs is 6. The first kappa shape index (κ1) is 15.0. The molecule has 4 aliphatic rings. The van der Waals surface area contributed by atoms with Gasteiger partial charge in [-0.15, -0.1) is 0 Å². The maximum Gasteiger partial charge on any atom is 0.100 e. The van der Waals surface area contributed by atoms with Crippen molar-refractivity contribution in [3.05, 3.63) is 48.2 Å². The van der Waals surface area contributed by atoms with Gasteiger partial charge in [0.05, 0.1) is 22.6 Å². The van der Waals surface area contributed by atoms with E-state index in [1.807, 2.05) is 4.57 Å². The van der Waals surface area contributed by atoms with Crippen molar-refractivity contribution >= 4 is 16.7 Å². The topological polar surface area (TPSA) is 38.0 Å². The molecule has 0 saturated heterocycles. The highest BCUT2D eigenvalue weighted by atomic mass is 16.3. The third-order valence-corrected chi connectivity index (χ3v) is 9.91. The van der Waals surface area contributed by atoms with Gasteiger partial charge < -0.3 is 9.67 Å². The van der Waals surface area contributed by atoms with Gasteiger partial charge in [-0.2, -0.15) is 0 Å². The molecule has 3 heteroatoms. The molecule has 3 nitrogen and oxygen atoms in total. The highest BCUT2D eigenvalue weighted by molar-refractivity contribution is 5.80. The molecule has 0 aliphatic heterocycles. The van der Waals surface area contributed by atoms with Crippen LogP contribution in [0, 0.1) is 28.1 Å². The van der Waals surface area contributed by atoms with Crippen LogP contribution in [0.2, 0.25) is 0 Å². The fourth-order valence-corrected chi connectivity index (χ4v) is 7.83. The standard InChI is InChI=1S/C27H34N2O/c1-25-14-15-27(3)21(9-8-18-16-19(30)12-13-26(18,27)2)20(25)10-11-24(25)29-17-28-22-6-4-5-7-23(22)29/h4-8,11,17,19-21,30H,9-10,12-16H2,1-3H3/t19-,20-,21-,25-,26-,27-/m0/s1/i4D,5D,6D,7D. The second kappa shape index (κ2) is 6.09. The number of allylic oxidation sites excluding steroid dienone is 3. The maximum atomic E-state index is 10.3. The van der Waals surface area contributed by atoms with Crippen molar-refractivity contribution in [3.8, 4) is 0 Å². The van der Waals surface area contributed by atoms with Crippen molar-refractivity contribution < 1.29 is 10.6 Å². The Morgan fingerprint density at radius 2 is 1.87 bits per heavy atom. The lowest BCUT2D eigenvalue weighted by Crippen LogP contribution is -2.56. The van der Waals surface area contributed by atoms with Gasteiger partial charge in [-0.25, -0.2) is 4.98 Å². The number of benzene rings is 1. The first-order valence-electron chi connectivity index (χ1n) is 13.5. The molecule has 0 amide bonds. The summed E-state index contributed by atoms with van der Waals surface area (Å²) in [4.78, 5) is 4.44. The zero-order valence-electron chi connectivity index (χ0n) is 22.3. The molecular weight excluding hydrogens is 368 g/mol. The molecule has 0 bridgehead atoms. The van der Waals surface area contributed by atoms with E-state index in [2.05, 4.69) is 37.9 Å². The van der Waals surface area contributed by atoms with Gasteiger partial charge in [0.15, 0.2) is 0 Å². The first-order chi connectivity index (χ1) is 16.0. The molecular formula is C27H34N2O. The summed E-state index contributed by atoms with van der Waals surface area (Å²) < 4.78 is 35.0. The lowest BCUT2D eigenvalue weighted by molar-refractivity contribution is -0.0971. The smallest absolute Gasteiger partial charge is 0.100 e. The van der Waals surface area contributed by atoms with Gasteiger partial charge >= 0.3 is 0 Å². The Kier molecular flexibility index (Phi) is 3.05. The Balaban J connectivity index is 1.43. The summed E-state index contributed by atoms with van der Waals surface area (Å²) in [6.07, 6.45) is 13.2. The van der Waals surface area contributed by atoms with Crippen LogP contribution >= 0.6 is 0 Å². The zero-order valence-corrected chi connectivity index (χ0v) is 18.3. The number of aromatic nitrogens is 2. The highest BCUT2D eigenvalue weighted by Crippen LogP contribution is 2.71. The fraction of sp³-hybridized carbons (Fsp3) is 0.593. The molecule has 0 unspecified atom stereocenters. The number of aliphatic hydroxyl groups is 1. The van der Waals surface area contributed by atoms with Gasteiger partial charge in [0.1, 0.15) is 6.33 Å². The van der Waals surface area contributed by atoms with Crippen molar-refractivity contribution in [2.24, 2.45) is 28.1 Å². The number of hydrogen-bond acceptors (Lipinski definition) is 2. The average Bonchev–Trinajstić information content (AvgIpc) is 3.38. The van der Waals surface area contributed by atoms with Gasteiger partial charge in [0, 0.05) is 11.1 Å². The molecule has 158 valence electrons. The third kappa shape index (κ3) is 2.22. The molecule has 30 heavy (non-hydrogen) atoms. The molecule has 4 aliphatic carbocycles. The second-order valence-corrected chi connectivity index (χ2v) is 10.9. The molecule has 1 aromatic heterocycles. The van der Waals surface area contributed by atoms with Gasteiger partial charge in [-0.3, -0.25) is 0 Å². The summed E-state index contributed by atoms with van der Waals surface area (Å²) in [5, 5.41) is 10.3. The quantitative estimate of drug-likeness (QED) is 0.573. The molecule has 0 spiro atoms. The number of nitrogens with zero attached hydrogens (tertiary/aromatic N) is 2. The minimum absolute atomic E-state index is 0.0133. The Morgan fingerprint density at radius 3 is 2.73 bits per heavy atom. The summed E-state index contributed by atoms with van der Waals surface area (Å²) >= 11 is 0. The molecule has 1 aromatic carbocycles. The van der Waals surface area contributed by atoms with Crippen LogP contribution in [-0.4, -0.2) is 20.8 Å². The SMILES string of the molecule is [2H]c1c([2H])c([2H])c2c(ncn2C2=CC[C@H]3[C@@H]4CC=C5C[C@@H](O)CC[C@]5(C)[C@@]4(C)CC[C@]23C)c1[2H]. The molecule has 0 radical (unpaired) electrons. The molecule has 6 atom stereocenters. The Labute approximate surface area is 185 Å². The summed E-state index contributed by atoms with van der Waals surface area (Å²) in [5.41, 5.74) is 3.72. The van der Waals surface area contributed by atoms with Crippen LogP contribution in [-0.2, 0) is 0 Å². The van der Waals surface area contributed by atoms with Crippen LogP contribution in [0.3, 0.4) is 0 Å². The number of rotatable bonds is 1. The van der Waals surface area contributed by atoms with Crippen LogP contribution < -0.4 is 0 Å². The largest absolute Gasteiger partial charge is 0.393 e. The van der Waals surface area contributed by atoms with Gasteiger partial charge in [0.25, 0.3) is 0 Å².